The SMILES string of the molecule is CCCCCSc1nc(=O)c2sc(NCCN3CCOCC3)nc2[nH]1. The van der Waals surface area contributed by atoms with Gasteiger partial charge in [-0.3, -0.25) is 9.69 Å². The predicted octanol–water partition coefficient (Wildman–Crippen LogP) is 2.41. The smallest absolute Gasteiger partial charge is 0.293 e. The summed E-state index contributed by atoms with van der Waals surface area (Å²) in [5.74, 6) is 0.969. The fraction of sp³-hybridized carbons (Fsp3) is 0.688. The summed E-state index contributed by atoms with van der Waals surface area (Å²) in [6.07, 6.45) is 3.52. The number of thiazole rings is 1. The molecule has 9 heteroatoms. The number of aromatic nitrogens is 3. The van der Waals surface area contributed by atoms with Gasteiger partial charge in [-0.25, -0.2) is 4.98 Å². The second kappa shape index (κ2) is 9.51. The van der Waals surface area contributed by atoms with Crippen molar-refractivity contribution in [1.82, 2.24) is 19.9 Å². The van der Waals surface area contributed by atoms with Crippen molar-refractivity contribution < 1.29 is 4.74 Å². The van der Waals surface area contributed by atoms with Gasteiger partial charge in [-0.2, -0.15) is 4.98 Å². The number of rotatable bonds is 9. The highest BCUT2D eigenvalue weighted by molar-refractivity contribution is 7.99. The number of thioether (sulfide) groups is 1. The van der Waals surface area contributed by atoms with E-state index in [1.165, 1.54) is 24.2 Å². The Kier molecular flexibility index (Phi) is 7.09. The Bertz CT molecular complexity index is 727. The molecule has 0 spiro atoms. The van der Waals surface area contributed by atoms with Crippen LogP contribution < -0.4 is 10.9 Å². The van der Waals surface area contributed by atoms with Crippen LogP contribution in [0.1, 0.15) is 26.2 Å². The zero-order valence-corrected chi connectivity index (χ0v) is 16.2. The minimum Gasteiger partial charge on any atom is -0.379 e. The molecule has 0 unspecified atom stereocenters. The standard InChI is InChI=1S/C16H25N5O2S2/c1-2-3-4-11-24-16-19-13-12(14(22)20-16)25-15(18-13)17-5-6-21-7-9-23-10-8-21/h2-11H2,1H3,(H2,17,18,19,20,22). The Morgan fingerprint density at radius 3 is 2.96 bits per heavy atom. The molecule has 0 amide bonds. The van der Waals surface area contributed by atoms with Gasteiger partial charge in [-0.15, -0.1) is 0 Å². The van der Waals surface area contributed by atoms with E-state index in [1.807, 2.05) is 0 Å². The van der Waals surface area contributed by atoms with E-state index in [2.05, 4.69) is 32.1 Å². The first-order chi connectivity index (χ1) is 12.3. The van der Waals surface area contributed by atoms with E-state index < -0.39 is 0 Å². The van der Waals surface area contributed by atoms with Gasteiger partial charge < -0.3 is 15.0 Å². The van der Waals surface area contributed by atoms with Crippen molar-refractivity contribution in [2.45, 2.75) is 31.3 Å². The van der Waals surface area contributed by atoms with Crippen molar-refractivity contribution in [3.63, 3.8) is 0 Å². The minimum atomic E-state index is -0.189. The number of nitrogens with one attached hydrogen (secondary N) is 2. The first kappa shape index (κ1) is 18.6. The van der Waals surface area contributed by atoms with Gasteiger partial charge in [0.2, 0.25) is 0 Å². The Labute approximate surface area is 155 Å². The minimum absolute atomic E-state index is 0.189. The van der Waals surface area contributed by atoms with E-state index in [0.717, 1.165) is 56.7 Å². The number of nitrogens with zero attached hydrogens (tertiary/aromatic N) is 3. The maximum absolute atomic E-state index is 12.2. The summed E-state index contributed by atoms with van der Waals surface area (Å²) in [6, 6.07) is 0. The average Bonchev–Trinajstić information content (AvgIpc) is 3.03. The molecule has 1 aliphatic heterocycles. The van der Waals surface area contributed by atoms with Gasteiger partial charge in [-0.05, 0) is 6.42 Å². The van der Waals surface area contributed by atoms with Crippen LogP contribution in [0.2, 0.25) is 0 Å². The van der Waals surface area contributed by atoms with Crippen LogP contribution in [-0.2, 0) is 4.74 Å². The van der Waals surface area contributed by atoms with Crippen LogP contribution in [0, 0.1) is 0 Å². The lowest BCUT2D eigenvalue weighted by atomic mass is 10.3. The van der Waals surface area contributed by atoms with Crippen LogP contribution in [0.5, 0.6) is 0 Å². The number of H-pyrrole nitrogens is 1. The van der Waals surface area contributed by atoms with Crippen LogP contribution in [-0.4, -0.2) is 65.0 Å². The van der Waals surface area contributed by atoms with Gasteiger partial charge in [-0.1, -0.05) is 42.9 Å². The number of aromatic amines is 1. The Morgan fingerprint density at radius 1 is 1.32 bits per heavy atom. The molecule has 0 aromatic carbocycles. The molecule has 2 N–H and O–H groups in total. The Hall–Kier alpha value is -1.16. The lowest BCUT2D eigenvalue weighted by molar-refractivity contribution is 0.0398. The number of anilines is 1. The Morgan fingerprint density at radius 2 is 2.16 bits per heavy atom. The van der Waals surface area contributed by atoms with E-state index in [0.29, 0.717) is 15.5 Å². The van der Waals surface area contributed by atoms with Gasteiger partial charge in [0.1, 0.15) is 4.70 Å². The molecule has 0 bridgehead atoms. The van der Waals surface area contributed by atoms with Crippen LogP contribution in [0.3, 0.4) is 0 Å². The number of unbranched alkanes of at least 4 members (excludes halogenated alkanes) is 2. The highest BCUT2D eigenvalue weighted by atomic mass is 32.2. The molecule has 2 aromatic heterocycles. The number of morpholine rings is 1. The normalized spacial score (nSPS) is 15.7. The van der Waals surface area contributed by atoms with E-state index in [1.54, 1.807) is 11.8 Å². The summed E-state index contributed by atoms with van der Waals surface area (Å²) >= 11 is 2.96. The van der Waals surface area contributed by atoms with Gasteiger partial charge in [0, 0.05) is 31.9 Å². The first-order valence-corrected chi connectivity index (χ1v) is 10.6. The van der Waals surface area contributed by atoms with Crippen molar-refractivity contribution in [2.75, 3.05) is 50.5 Å². The second-order valence-corrected chi connectivity index (χ2v) is 8.06. The number of hydrogen-bond acceptors (Lipinski definition) is 8. The third kappa shape index (κ3) is 5.40. The molecule has 0 saturated carbocycles. The summed E-state index contributed by atoms with van der Waals surface area (Å²) in [5.41, 5.74) is 0.447. The van der Waals surface area contributed by atoms with Crippen molar-refractivity contribution >= 4 is 38.6 Å². The molecule has 3 heterocycles. The fourth-order valence-electron chi connectivity index (χ4n) is 2.63. The van der Waals surface area contributed by atoms with Crippen LogP contribution >= 0.6 is 23.1 Å². The molecular weight excluding hydrogens is 358 g/mol. The number of fused-ring (bicyclic) bond motifs is 1. The zero-order valence-electron chi connectivity index (χ0n) is 14.5. The molecule has 1 fully saturated rings. The zero-order chi connectivity index (χ0) is 17.5. The molecule has 2 aromatic rings. The number of hydrogen-bond donors (Lipinski definition) is 2. The van der Waals surface area contributed by atoms with E-state index in [9.17, 15) is 4.79 Å². The van der Waals surface area contributed by atoms with Crippen molar-refractivity contribution in [3.8, 4) is 0 Å². The lowest BCUT2D eigenvalue weighted by Crippen LogP contribution is -2.38. The predicted molar refractivity (Wildman–Crippen MR) is 104 cm³/mol. The maximum atomic E-state index is 12.2. The third-order valence-electron chi connectivity index (χ3n) is 4.04. The van der Waals surface area contributed by atoms with Crippen molar-refractivity contribution in [1.29, 1.82) is 0 Å². The summed E-state index contributed by atoms with van der Waals surface area (Å²) in [6.45, 7) is 7.49. The van der Waals surface area contributed by atoms with E-state index >= 15 is 0 Å². The highest BCUT2D eigenvalue weighted by Gasteiger charge is 2.12. The molecule has 0 radical (unpaired) electrons. The highest BCUT2D eigenvalue weighted by Crippen LogP contribution is 2.23. The topological polar surface area (TPSA) is 83.1 Å². The van der Waals surface area contributed by atoms with Gasteiger partial charge >= 0.3 is 0 Å². The molecule has 0 aliphatic carbocycles. The summed E-state index contributed by atoms with van der Waals surface area (Å²) in [7, 11) is 0. The van der Waals surface area contributed by atoms with Crippen LogP contribution in [0.15, 0.2) is 9.95 Å². The molecular formula is C16H25N5O2S2. The Balaban J connectivity index is 1.57. The quantitative estimate of drug-likeness (QED) is 0.391. The first-order valence-electron chi connectivity index (χ1n) is 8.84. The summed E-state index contributed by atoms with van der Waals surface area (Å²) < 4.78 is 5.94. The second-order valence-electron chi connectivity index (χ2n) is 5.98. The van der Waals surface area contributed by atoms with E-state index in [4.69, 9.17) is 4.74 Å². The van der Waals surface area contributed by atoms with Crippen molar-refractivity contribution in [2.24, 2.45) is 0 Å². The van der Waals surface area contributed by atoms with Gasteiger partial charge in [0.15, 0.2) is 15.9 Å². The van der Waals surface area contributed by atoms with Gasteiger partial charge in [0.25, 0.3) is 5.56 Å². The third-order valence-corrected chi connectivity index (χ3v) is 6.01. The molecule has 138 valence electrons. The lowest BCUT2D eigenvalue weighted by Gasteiger charge is -2.26. The molecule has 3 rings (SSSR count). The maximum Gasteiger partial charge on any atom is 0.293 e. The molecule has 0 atom stereocenters. The van der Waals surface area contributed by atoms with Crippen LogP contribution in [0.25, 0.3) is 10.3 Å². The average molecular weight is 384 g/mol. The monoisotopic (exact) mass is 383 g/mol. The van der Waals surface area contributed by atoms with Gasteiger partial charge in [0.05, 0.1) is 13.2 Å². The molecule has 25 heavy (non-hydrogen) atoms. The molecule has 1 saturated heterocycles. The summed E-state index contributed by atoms with van der Waals surface area (Å²) in [4.78, 5) is 26.4. The van der Waals surface area contributed by atoms with E-state index in [-0.39, 0.29) is 5.56 Å². The fourth-order valence-corrected chi connectivity index (χ4v) is 4.32. The molecule has 7 nitrogen and oxygen atoms in total. The molecule has 1 aliphatic rings. The van der Waals surface area contributed by atoms with Crippen LogP contribution in [0.4, 0.5) is 5.13 Å². The largest absolute Gasteiger partial charge is 0.379 e. The summed E-state index contributed by atoms with van der Waals surface area (Å²) in [5, 5.41) is 4.75. The van der Waals surface area contributed by atoms with Crippen molar-refractivity contribution in [3.05, 3.63) is 10.4 Å². The number of ether oxygens (including phenoxy) is 1.